The second-order valence-electron chi connectivity index (χ2n) is 7.76. The Morgan fingerprint density at radius 1 is 1.16 bits per heavy atom. The minimum atomic E-state index is -0.187. The lowest BCUT2D eigenvalue weighted by molar-refractivity contribution is 0.225. The van der Waals surface area contributed by atoms with Gasteiger partial charge < -0.3 is 15.1 Å². The molecule has 1 aromatic carbocycles. The number of thiol groups is 1. The fraction of sp³-hybridized carbons (Fsp3) is 0.455. The summed E-state index contributed by atoms with van der Waals surface area (Å²) in [6, 6.07) is 9.26. The molecule has 1 aromatic heterocycles. The van der Waals surface area contributed by atoms with Crippen molar-refractivity contribution in [2.75, 3.05) is 44.2 Å². The second-order valence-corrected chi connectivity index (χ2v) is 9.97. The lowest BCUT2D eigenvalue weighted by Crippen LogP contribution is -2.40. The minimum Gasteiger partial charge on any atom is -0.350 e. The van der Waals surface area contributed by atoms with Crippen molar-refractivity contribution < 1.29 is 4.79 Å². The summed E-state index contributed by atoms with van der Waals surface area (Å²) in [5, 5.41) is 3.98. The molecule has 10 heteroatoms. The third kappa shape index (κ3) is 7.99. The van der Waals surface area contributed by atoms with Gasteiger partial charge in [-0.25, -0.2) is 9.78 Å². The SMILES string of the molecule is O=C(NCCCN1CCCC1)N(S)CCN(Cc1ccc(Cl)c(Cl)c1)c1ccc(Br)cn1. The molecule has 2 amide bonds. The summed E-state index contributed by atoms with van der Waals surface area (Å²) >= 11 is 20.1. The predicted octanol–water partition coefficient (Wildman–Crippen LogP) is 5.50. The van der Waals surface area contributed by atoms with Crippen LogP contribution in [0.2, 0.25) is 10.0 Å². The van der Waals surface area contributed by atoms with Crippen LogP contribution in [-0.4, -0.2) is 59.5 Å². The summed E-state index contributed by atoms with van der Waals surface area (Å²) in [7, 11) is 0. The molecule has 2 heterocycles. The molecule has 1 fully saturated rings. The maximum atomic E-state index is 12.4. The van der Waals surface area contributed by atoms with Crippen LogP contribution in [-0.2, 0) is 6.54 Å². The molecule has 6 nitrogen and oxygen atoms in total. The normalized spacial score (nSPS) is 13.9. The van der Waals surface area contributed by atoms with E-state index in [1.165, 1.54) is 30.2 Å². The van der Waals surface area contributed by atoms with E-state index in [-0.39, 0.29) is 6.03 Å². The van der Waals surface area contributed by atoms with E-state index in [0.29, 0.717) is 36.2 Å². The molecule has 174 valence electrons. The van der Waals surface area contributed by atoms with Crippen molar-refractivity contribution in [3.05, 3.63) is 56.6 Å². The third-order valence-corrected chi connectivity index (χ3v) is 6.93. The smallest absolute Gasteiger partial charge is 0.327 e. The van der Waals surface area contributed by atoms with Crippen molar-refractivity contribution in [3.63, 3.8) is 0 Å². The molecule has 3 rings (SSSR count). The lowest BCUT2D eigenvalue weighted by atomic mass is 10.2. The number of halogens is 3. The zero-order valence-electron chi connectivity index (χ0n) is 17.8. The van der Waals surface area contributed by atoms with Gasteiger partial charge in [0, 0.05) is 30.3 Å². The van der Waals surface area contributed by atoms with Crippen LogP contribution < -0.4 is 10.2 Å². The Kier molecular flexibility index (Phi) is 10.2. The Balaban J connectivity index is 1.53. The number of aromatic nitrogens is 1. The van der Waals surface area contributed by atoms with E-state index < -0.39 is 0 Å². The Bertz CT molecular complexity index is 883. The summed E-state index contributed by atoms with van der Waals surface area (Å²) in [6.45, 7) is 5.58. The number of pyridine rings is 1. The number of nitrogens with zero attached hydrogens (tertiary/aromatic N) is 4. The fourth-order valence-corrected chi connectivity index (χ4v) is 4.32. The maximum absolute atomic E-state index is 12.4. The van der Waals surface area contributed by atoms with E-state index >= 15 is 0 Å². The molecule has 0 bridgehead atoms. The van der Waals surface area contributed by atoms with Crippen molar-refractivity contribution in [2.24, 2.45) is 0 Å². The van der Waals surface area contributed by atoms with E-state index in [9.17, 15) is 4.79 Å². The number of carbonyl (C=O) groups excluding carboxylic acids is 1. The standard InChI is InChI=1S/C22H28BrCl2N5OS/c23-18-5-7-21(27-15-18)29(16-17-4-6-19(24)20(25)14-17)12-13-30(32)22(31)26-8-3-11-28-9-1-2-10-28/h4-7,14-15,32H,1-3,8-13,16H2,(H,26,31). The lowest BCUT2D eigenvalue weighted by Gasteiger charge is -2.26. The summed E-state index contributed by atoms with van der Waals surface area (Å²) in [6.07, 6.45) is 5.26. The van der Waals surface area contributed by atoms with Gasteiger partial charge in [-0.05, 0) is 84.7 Å². The van der Waals surface area contributed by atoms with Gasteiger partial charge in [0.2, 0.25) is 0 Å². The maximum Gasteiger partial charge on any atom is 0.327 e. The molecule has 1 N–H and O–H groups in total. The number of likely N-dealkylation sites (tertiary alicyclic amines) is 1. The van der Waals surface area contributed by atoms with Gasteiger partial charge in [0.05, 0.1) is 16.6 Å². The van der Waals surface area contributed by atoms with Gasteiger partial charge in [-0.1, -0.05) is 42.1 Å². The molecule has 0 atom stereocenters. The fourth-order valence-electron chi connectivity index (χ4n) is 3.60. The highest BCUT2D eigenvalue weighted by Crippen LogP contribution is 2.24. The van der Waals surface area contributed by atoms with Crippen LogP contribution in [0.1, 0.15) is 24.8 Å². The molecular weight excluding hydrogens is 533 g/mol. The van der Waals surface area contributed by atoms with Gasteiger partial charge in [-0.2, -0.15) is 0 Å². The number of hydrogen-bond acceptors (Lipinski definition) is 5. The van der Waals surface area contributed by atoms with E-state index in [1.54, 1.807) is 12.3 Å². The van der Waals surface area contributed by atoms with E-state index in [1.807, 2.05) is 24.3 Å². The highest BCUT2D eigenvalue weighted by molar-refractivity contribution is 9.10. The topological polar surface area (TPSA) is 51.7 Å². The monoisotopic (exact) mass is 559 g/mol. The molecular formula is C22H28BrCl2N5OS. The number of rotatable bonds is 10. The van der Waals surface area contributed by atoms with Crippen LogP contribution in [0, 0.1) is 0 Å². The van der Waals surface area contributed by atoms with Crippen molar-refractivity contribution >= 4 is 63.8 Å². The Morgan fingerprint density at radius 3 is 2.62 bits per heavy atom. The van der Waals surface area contributed by atoms with E-state index in [2.05, 4.69) is 48.8 Å². The number of hydrogen-bond donors (Lipinski definition) is 2. The first kappa shape index (κ1) is 25.4. The van der Waals surface area contributed by atoms with Crippen LogP contribution in [0.25, 0.3) is 0 Å². The molecule has 0 spiro atoms. The Morgan fingerprint density at radius 2 is 1.94 bits per heavy atom. The molecule has 0 unspecified atom stereocenters. The zero-order chi connectivity index (χ0) is 22.9. The largest absolute Gasteiger partial charge is 0.350 e. The summed E-state index contributed by atoms with van der Waals surface area (Å²) < 4.78 is 2.32. The highest BCUT2D eigenvalue weighted by Gasteiger charge is 2.15. The average Bonchev–Trinajstić information content (AvgIpc) is 3.30. The van der Waals surface area contributed by atoms with Crippen molar-refractivity contribution in [1.82, 2.24) is 19.5 Å². The van der Waals surface area contributed by atoms with Gasteiger partial charge in [-0.15, -0.1) is 0 Å². The van der Waals surface area contributed by atoms with Crippen LogP contribution in [0.15, 0.2) is 41.0 Å². The first-order valence-corrected chi connectivity index (χ1v) is 12.6. The molecule has 0 aliphatic carbocycles. The van der Waals surface area contributed by atoms with Crippen molar-refractivity contribution in [1.29, 1.82) is 0 Å². The highest BCUT2D eigenvalue weighted by atomic mass is 79.9. The zero-order valence-corrected chi connectivity index (χ0v) is 21.8. The molecule has 1 aliphatic heterocycles. The molecule has 1 saturated heterocycles. The van der Waals surface area contributed by atoms with Gasteiger partial charge in [-0.3, -0.25) is 4.31 Å². The third-order valence-electron chi connectivity index (χ3n) is 5.34. The van der Waals surface area contributed by atoms with Crippen LogP contribution in [0.5, 0.6) is 0 Å². The molecule has 0 saturated carbocycles. The number of anilines is 1. The van der Waals surface area contributed by atoms with Gasteiger partial charge in [0.25, 0.3) is 0 Å². The quantitative estimate of drug-likeness (QED) is 0.297. The summed E-state index contributed by atoms with van der Waals surface area (Å²) in [4.78, 5) is 21.5. The Hall–Kier alpha value is -1.19. The Labute approximate surface area is 213 Å². The van der Waals surface area contributed by atoms with Gasteiger partial charge in [0.1, 0.15) is 5.82 Å². The van der Waals surface area contributed by atoms with Crippen molar-refractivity contribution in [3.8, 4) is 0 Å². The first-order valence-electron chi connectivity index (χ1n) is 10.7. The van der Waals surface area contributed by atoms with Crippen molar-refractivity contribution in [2.45, 2.75) is 25.8 Å². The van der Waals surface area contributed by atoms with E-state index in [4.69, 9.17) is 23.2 Å². The number of nitrogens with one attached hydrogen (secondary N) is 1. The minimum absolute atomic E-state index is 0.187. The van der Waals surface area contributed by atoms with Crippen LogP contribution in [0.4, 0.5) is 10.6 Å². The average molecular weight is 561 g/mol. The molecule has 2 aromatic rings. The predicted molar refractivity (Wildman–Crippen MR) is 139 cm³/mol. The number of benzene rings is 1. The molecule has 32 heavy (non-hydrogen) atoms. The number of amides is 2. The van der Waals surface area contributed by atoms with Crippen LogP contribution >= 0.6 is 51.9 Å². The van der Waals surface area contributed by atoms with Crippen LogP contribution in [0.3, 0.4) is 0 Å². The first-order chi connectivity index (χ1) is 15.4. The van der Waals surface area contributed by atoms with Gasteiger partial charge in [0.15, 0.2) is 0 Å². The number of carbonyl (C=O) groups is 1. The molecule has 1 aliphatic rings. The summed E-state index contributed by atoms with van der Waals surface area (Å²) in [5.74, 6) is 0.798. The van der Waals surface area contributed by atoms with Gasteiger partial charge >= 0.3 is 6.03 Å². The second kappa shape index (κ2) is 12.9. The number of urea groups is 1. The van der Waals surface area contributed by atoms with E-state index in [0.717, 1.165) is 28.8 Å². The molecule has 0 radical (unpaired) electrons. The summed E-state index contributed by atoms with van der Waals surface area (Å²) in [5.41, 5.74) is 1.00.